The number of amides is 1. The summed E-state index contributed by atoms with van der Waals surface area (Å²) in [6, 6.07) is 0.282. The maximum atomic E-state index is 10.6. The van der Waals surface area contributed by atoms with E-state index in [0.717, 1.165) is 51.3 Å². The van der Waals surface area contributed by atoms with Crippen LogP contribution < -0.4 is 5.32 Å². The van der Waals surface area contributed by atoms with E-state index in [1.807, 2.05) is 6.41 Å². The summed E-state index contributed by atoms with van der Waals surface area (Å²) in [7, 11) is 0. The Hall–Kier alpha value is 0.424. The summed E-state index contributed by atoms with van der Waals surface area (Å²) >= 11 is 4.59. The molecular formula is C12H20N3OSY+2. The van der Waals surface area contributed by atoms with Crippen molar-refractivity contribution in [3.63, 3.8) is 0 Å². The van der Waals surface area contributed by atoms with E-state index in [4.69, 9.17) is 0 Å². The molecule has 0 aromatic carbocycles. The standard InChI is InChI=1S/C12H20N3OS.Y/c1-10(12-11(17)3-4-13-12)15-6-2-5-14(9-16)7-8-15;/h11-13,17H,1-8H2;/q-1;+3. The molecule has 2 atom stereocenters. The molecule has 18 heavy (non-hydrogen) atoms. The first-order valence-electron chi connectivity index (χ1n) is 6.20. The van der Waals surface area contributed by atoms with Crippen LogP contribution in [0.3, 0.4) is 0 Å². The molecule has 2 aliphatic rings. The molecule has 0 bridgehead atoms. The Morgan fingerprint density at radius 1 is 1.33 bits per heavy atom. The summed E-state index contributed by atoms with van der Waals surface area (Å²) in [5.74, 6) is 0. The second kappa shape index (κ2) is 7.88. The maximum Gasteiger partial charge on any atom is 3.00 e. The van der Waals surface area contributed by atoms with Gasteiger partial charge in [0.1, 0.15) is 0 Å². The topological polar surface area (TPSA) is 35.6 Å². The molecule has 2 unspecified atom stereocenters. The second-order valence-electron chi connectivity index (χ2n) is 4.70. The number of nitrogens with zero attached hydrogens (tertiary/aromatic N) is 2. The Bertz CT molecular complexity index is 303. The average Bonchev–Trinajstić information content (AvgIpc) is 2.64. The smallest absolute Gasteiger partial charge is 0.520 e. The zero-order chi connectivity index (χ0) is 12.3. The Kier molecular flexibility index (Phi) is 7.21. The summed E-state index contributed by atoms with van der Waals surface area (Å²) in [4.78, 5) is 14.6. The first-order valence-corrected chi connectivity index (χ1v) is 6.72. The van der Waals surface area contributed by atoms with Crippen molar-refractivity contribution in [1.82, 2.24) is 15.1 Å². The van der Waals surface area contributed by atoms with E-state index in [1.54, 1.807) is 4.90 Å². The van der Waals surface area contributed by atoms with Crippen molar-refractivity contribution in [3.8, 4) is 0 Å². The van der Waals surface area contributed by atoms with Gasteiger partial charge in [-0.2, -0.15) is 19.0 Å². The average molecular weight is 343 g/mol. The molecule has 2 heterocycles. The van der Waals surface area contributed by atoms with E-state index in [-0.39, 0.29) is 38.8 Å². The summed E-state index contributed by atoms with van der Waals surface area (Å²) in [5, 5.41) is 3.80. The molecule has 1 N–H and O–H groups in total. The summed E-state index contributed by atoms with van der Waals surface area (Å²) < 4.78 is 0. The monoisotopic (exact) mass is 343 g/mol. The first-order chi connectivity index (χ1) is 8.22. The normalized spacial score (nSPS) is 28.5. The molecule has 2 aliphatic heterocycles. The zero-order valence-electron chi connectivity index (χ0n) is 10.6. The van der Waals surface area contributed by atoms with E-state index < -0.39 is 0 Å². The molecule has 0 aliphatic carbocycles. The van der Waals surface area contributed by atoms with Gasteiger partial charge in [-0.3, -0.25) is 0 Å². The van der Waals surface area contributed by atoms with Gasteiger partial charge in [0, 0.05) is 30.6 Å². The summed E-state index contributed by atoms with van der Waals surface area (Å²) in [6.07, 6.45) is 4.05. The van der Waals surface area contributed by atoms with Crippen LogP contribution in [0.2, 0.25) is 0 Å². The van der Waals surface area contributed by atoms with Crippen molar-refractivity contribution in [1.29, 1.82) is 0 Å². The Morgan fingerprint density at radius 3 is 2.72 bits per heavy atom. The number of carbonyl (C=O) groups excluding carboxylic acids is 1. The van der Waals surface area contributed by atoms with Crippen LogP contribution in [-0.4, -0.2) is 60.2 Å². The molecule has 2 saturated heterocycles. The van der Waals surface area contributed by atoms with Crippen LogP contribution in [0.25, 0.3) is 0 Å². The van der Waals surface area contributed by atoms with Crippen molar-refractivity contribution in [3.05, 3.63) is 12.3 Å². The Balaban J connectivity index is 0.00000162. The fraction of sp³-hybridized carbons (Fsp3) is 0.750. The van der Waals surface area contributed by atoms with Gasteiger partial charge in [0.2, 0.25) is 0 Å². The molecule has 6 heteroatoms. The van der Waals surface area contributed by atoms with Crippen LogP contribution in [0.4, 0.5) is 0 Å². The SMILES string of the molecule is C=C(C1NCCC1S)N1CCCN([C-]=O)CC1.[Y+3]. The molecule has 2 rings (SSSR count). The van der Waals surface area contributed by atoms with Gasteiger partial charge in [0.05, 0.1) is 6.04 Å². The molecule has 2 fully saturated rings. The van der Waals surface area contributed by atoms with Crippen molar-refractivity contribution < 1.29 is 37.5 Å². The van der Waals surface area contributed by atoms with Crippen LogP contribution in [0.5, 0.6) is 0 Å². The molecule has 0 aromatic heterocycles. The Morgan fingerprint density at radius 2 is 2.11 bits per heavy atom. The number of nitrogens with one attached hydrogen (secondary N) is 1. The van der Waals surface area contributed by atoms with Gasteiger partial charge in [0.15, 0.2) is 0 Å². The largest absolute Gasteiger partial charge is 3.00 e. The minimum atomic E-state index is 0. The van der Waals surface area contributed by atoms with Gasteiger partial charge < -0.3 is 19.9 Å². The third-order valence-corrected chi connectivity index (χ3v) is 4.14. The molecule has 0 radical (unpaired) electrons. The predicted octanol–water partition coefficient (Wildman–Crippen LogP) is 0.233. The Labute approximate surface area is 140 Å². The van der Waals surface area contributed by atoms with Crippen molar-refractivity contribution in [2.24, 2.45) is 0 Å². The van der Waals surface area contributed by atoms with Crippen LogP contribution in [-0.2, 0) is 37.5 Å². The first kappa shape index (κ1) is 16.5. The maximum absolute atomic E-state index is 10.6. The third kappa shape index (κ3) is 3.96. The second-order valence-corrected chi connectivity index (χ2v) is 5.36. The van der Waals surface area contributed by atoms with E-state index in [1.165, 1.54) is 0 Å². The van der Waals surface area contributed by atoms with Crippen molar-refractivity contribution in [2.75, 3.05) is 32.7 Å². The van der Waals surface area contributed by atoms with Gasteiger partial charge in [-0.25, -0.2) is 0 Å². The van der Waals surface area contributed by atoms with E-state index >= 15 is 0 Å². The predicted molar refractivity (Wildman–Crippen MR) is 71.8 cm³/mol. The van der Waals surface area contributed by atoms with Gasteiger partial charge in [-0.1, -0.05) is 6.58 Å². The number of hydrogen-bond acceptors (Lipinski definition) is 4. The fourth-order valence-electron chi connectivity index (χ4n) is 2.52. The molecule has 1 amide bonds. The number of thiol groups is 1. The molecule has 0 spiro atoms. The van der Waals surface area contributed by atoms with Crippen molar-refractivity contribution in [2.45, 2.75) is 24.1 Å². The number of rotatable bonds is 3. The van der Waals surface area contributed by atoms with Crippen LogP contribution in [0.15, 0.2) is 12.3 Å². The fourth-order valence-corrected chi connectivity index (χ4v) is 2.93. The third-order valence-electron chi connectivity index (χ3n) is 3.58. The molecule has 96 valence electrons. The van der Waals surface area contributed by atoms with Gasteiger partial charge >= 0.3 is 32.7 Å². The van der Waals surface area contributed by atoms with Crippen molar-refractivity contribution >= 4 is 19.0 Å². The quantitative estimate of drug-likeness (QED) is 0.569. The number of hydrogen-bond donors (Lipinski definition) is 2. The molecule has 0 saturated carbocycles. The van der Waals surface area contributed by atoms with Gasteiger partial charge in [0.25, 0.3) is 0 Å². The van der Waals surface area contributed by atoms with Crippen LogP contribution >= 0.6 is 12.6 Å². The van der Waals surface area contributed by atoms with Crippen LogP contribution in [0, 0.1) is 0 Å². The minimum absolute atomic E-state index is 0. The molecular weight excluding hydrogens is 323 g/mol. The van der Waals surface area contributed by atoms with E-state index in [2.05, 4.69) is 29.4 Å². The zero-order valence-corrected chi connectivity index (χ0v) is 14.4. The van der Waals surface area contributed by atoms with E-state index in [0.29, 0.717) is 5.25 Å². The van der Waals surface area contributed by atoms with Gasteiger partial charge in [-0.15, -0.1) is 0 Å². The summed E-state index contributed by atoms with van der Waals surface area (Å²) in [5.41, 5.74) is 1.12. The van der Waals surface area contributed by atoms with Crippen LogP contribution in [0.1, 0.15) is 12.8 Å². The molecule has 0 aromatic rings. The van der Waals surface area contributed by atoms with Gasteiger partial charge in [-0.05, 0) is 25.9 Å². The van der Waals surface area contributed by atoms with E-state index in [9.17, 15) is 4.79 Å². The minimum Gasteiger partial charge on any atom is -0.520 e. The summed E-state index contributed by atoms with van der Waals surface area (Å²) in [6.45, 7) is 8.58. The molecule has 4 nitrogen and oxygen atoms in total.